The van der Waals surface area contributed by atoms with Crippen molar-refractivity contribution in [1.29, 1.82) is 0 Å². The molecule has 0 aliphatic heterocycles. The fraction of sp³-hybridized carbons (Fsp3) is 1.00. The van der Waals surface area contributed by atoms with Crippen LogP contribution in [0, 0.1) is 0 Å². The molecule has 0 aliphatic rings. The van der Waals surface area contributed by atoms with Crippen molar-refractivity contribution < 1.29 is 4.52 Å². The molecular weight excluding hydrogens is 91.1 g/mol. The Kier molecular flexibility index (Phi) is 4.43. The molecule has 1 unspecified atom stereocenters. The van der Waals surface area contributed by atoms with E-state index in [1.807, 2.05) is 0 Å². The van der Waals surface area contributed by atoms with Crippen LogP contribution in [0.25, 0.3) is 0 Å². The summed E-state index contributed by atoms with van der Waals surface area (Å²) in [6, 6.07) is 0. The predicted molar refractivity (Wildman–Crippen MR) is 24.6 cm³/mol. The Hall–Kier alpha value is 0.740. The highest BCUT2D eigenvalue weighted by Crippen LogP contribution is 1.82. The standard InChI is InChI=1S/CH5OPS/c3-2-1-4/h4H,1,3H2. The molecule has 3 heteroatoms. The lowest BCUT2D eigenvalue weighted by Gasteiger charge is -1.75. The molecule has 0 fully saturated rings. The minimum atomic E-state index is 0.477. The van der Waals surface area contributed by atoms with E-state index in [9.17, 15) is 0 Å². The monoisotopic (exact) mass is 96.0 g/mol. The van der Waals surface area contributed by atoms with Gasteiger partial charge in [0.25, 0.3) is 0 Å². The molecule has 0 bridgehead atoms. The van der Waals surface area contributed by atoms with Crippen LogP contribution in [-0.2, 0) is 4.52 Å². The molecule has 1 atom stereocenters. The third-order valence-corrected chi connectivity index (χ3v) is 0.671. The van der Waals surface area contributed by atoms with E-state index in [2.05, 4.69) is 26.6 Å². The zero-order valence-corrected chi connectivity index (χ0v) is 4.19. The van der Waals surface area contributed by atoms with Gasteiger partial charge in [-0.25, -0.2) is 0 Å². The first-order chi connectivity index (χ1) is 1.91. The average Bonchev–Trinajstić information content (AvgIpc) is 1.37. The van der Waals surface area contributed by atoms with Crippen molar-refractivity contribution in [3.8, 4) is 0 Å². The van der Waals surface area contributed by atoms with E-state index in [0.29, 0.717) is 5.94 Å². The van der Waals surface area contributed by atoms with E-state index >= 15 is 0 Å². The van der Waals surface area contributed by atoms with Crippen molar-refractivity contribution in [3.05, 3.63) is 0 Å². The summed E-state index contributed by atoms with van der Waals surface area (Å²) >= 11 is 3.68. The summed E-state index contributed by atoms with van der Waals surface area (Å²) in [5.41, 5.74) is 0. The predicted octanol–water partition coefficient (Wildman–Crippen LogP) is 0.680. The van der Waals surface area contributed by atoms with E-state index in [1.165, 1.54) is 0 Å². The first kappa shape index (κ1) is 4.74. The lowest BCUT2D eigenvalue weighted by atomic mass is 11.7. The lowest BCUT2D eigenvalue weighted by Crippen LogP contribution is -1.57. The molecule has 0 aromatic carbocycles. The molecule has 0 rings (SSSR count). The maximum Gasteiger partial charge on any atom is 0.0928 e. The zero-order chi connectivity index (χ0) is 3.41. The van der Waals surface area contributed by atoms with Crippen molar-refractivity contribution in [2.45, 2.75) is 0 Å². The molecular formula is CH5OPS. The molecule has 0 radical (unpaired) electrons. The number of thiol groups is 1. The molecule has 0 aromatic heterocycles. The van der Waals surface area contributed by atoms with Crippen LogP contribution in [-0.4, -0.2) is 5.94 Å². The Balaban J connectivity index is 1.97. The summed E-state index contributed by atoms with van der Waals surface area (Å²) in [6.45, 7) is 0. The second kappa shape index (κ2) is 3.74. The average molecular weight is 96.1 g/mol. The van der Waals surface area contributed by atoms with Crippen LogP contribution in [0.4, 0.5) is 0 Å². The van der Waals surface area contributed by atoms with Crippen LogP contribution in [0.3, 0.4) is 0 Å². The smallest absolute Gasteiger partial charge is 0.0928 e. The van der Waals surface area contributed by atoms with E-state index in [-0.39, 0.29) is 0 Å². The number of hydrogen-bond acceptors (Lipinski definition) is 2. The fourth-order valence-corrected chi connectivity index (χ4v) is 0. The summed E-state index contributed by atoms with van der Waals surface area (Å²) in [7, 11) is 2.08. The Labute approximate surface area is 33.4 Å². The third kappa shape index (κ3) is 2.74. The first-order valence-electron chi connectivity index (χ1n) is 0.841. The van der Waals surface area contributed by atoms with Crippen LogP contribution in [0.5, 0.6) is 0 Å². The first-order valence-corrected chi connectivity index (χ1v) is 1.94. The van der Waals surface area contributed by atoms with Crippen molar-refractivity contribution in [1.82, 2.24) is 0 Å². The van der Waals surface area contributed by atoms with Gasteiger partial charge in [-0.1, -0.05) is 0 Å². The maximum atomic E-state index is 4.32. The van der Waals surface area contributed by atoms with Crippen molar-refractivity contribution in [2.75, 3.05) is 5.94 Å². The summed E-state index contributed by atoms with van der Waals surface area (Å²) in [6.07, 6.45) is 0. The fourth-order valence-electron chi connectivity index (χ4n) is 0. The Morgan fingerprint density at radius 2 is 2.25 bits per heavy atom. The summed E-state index contributed by atoms with van der Waals surface area (Å²) in [5.74, 6) is 0.477. The van der Waals surface area contributed by atoms with Gasteiger partial charge in [-0.3, -0.25) is 0 Å². The number of rotatable bonds is 1. The molecule has 0 saturated carbocycles. The molecule has 0 aromatic rings. The van der Waals surface area contributed by atoms with Crippen molar-refractivity contribution >= 4 is 22.1 Å². The highest BCUT2D eigenvalue weighted by atomic mass is 32.1. The minimum Gasteiger partial charge on any atom is -0.355 e. The maximum absolute atomic E-state index is 4.32. The molecule has 26 valence electrons. The molecule has 0 aliphatic carbocycles. The van der Waals surface area contributed by atoms with Crippen LogP contribution in [0.1, 0.15) is 0 Å². The molecule has 0 saturated heterocycles. The van der Waals surface area contributed by atoms with Gasteiger partial charge < -0.3 is 4.52 Å². The van der Waals surface area contributed by atoms with Crippen molar-refractivity contribution in [3.63, 3.8) is 0 Å². The van der Waals surface area contributed by atoms with Gasteiger partial charge in [0.05, 0.1) is 5.94 Å². The van der Waals surface area contributed by atoms with Crippen LogP contribution in [0.2, 0.25) is 0 Å². The SMILES string of the molecule is POCS. The van der Waals surface area contributed by atoms with Gasteiger partial charge in [0.1, 0.15) is 0 Å². The topological polar surface area (TPSA) is 9.23 Å². The van der Waals surface area contributed by atoms with Gasteiger partial charge in [0.15, 0.2) is 0 Å². The van der Waals surface area contributed by atoms with Crippen molar-refractivity contribution in [2.24, 2.45) is 0 Å². The Morgan fingerprint density at radius 1 is 2.00 bits per heavy atom. The van der Waals surface area contributed by atoms with Gasteiger partial charge in [0.2, 0.25) is 0 Å². The van der Waals surface area contributed by atoms with Crippen LogP contribution in [0.15, 0.2) is 0 Å². The van der Waals surface area contributed by atoms with Gasteiger partial charge in [0, 0.05) is 9.47 Å². The second-order valence-electron chi connectivity index (χ2n) is 0.296. The zero-order valence-electron chi connectivity index (χ0n) is 2.14. The Morgan fingerprint density at radius 3 is 2.25 bits per heavy atom. The highest BCUT2D eigenvalue weighted by Gasteiger charge is 1.52. The van der Waals surface area contributed by atoms with Gasteiger partial charge >= 0.3 is 0 Å². The third-order valence-electron chi connectivity index (χ3n) is 0.0745. The summed E-state index contributed by atoms with van der Waals surface area (Å²) < 4.78 is 4.32. The lowest BCUT2D eigenvalue weighted by molar-refractivity contribution is 0.465. The molecule has 0 amide bonds. The minimum absolute atomic E-state index is 0.477. The summed E-state index contributed by atoms with van der Waals surface area (Å²) in [4.78, 5) is 0. The largest absolute Gasteiger partial charge is 0.355 e. The molecule has 1 nitrogen and oxygen atoms in total. The van der Waals surface area contributed by atoms with Crippen LogP contribution >= 0.6 is 22.1 Å². The molecule has 0 heterocycles. The second-order valence-corrected chi connectivity index (χ2v) is 0.887. The van der Waals surface area contributed by atoms with E-state index < -0.39 is 0 Å². The molecule has 0 spiro atoms. The van der Waals surface area contributed by atoms with E-state index in [4.69, 9.17) is 0 Å². The molecule has 4 heavy (non-hydrogen) atoms. The van der Waals surface area contributed by atoms with E-state index in [0.717, 1.165) is 0 Å². The van der Waals surface area contributed by atoms with Crippen LogP contribution < -0.4 is 0 Å². The van der Waals surface area contributed by atoms with Gasteiger partial charge in [-0.2, -0.15) is 12.6 Å². The summed E-state index contributed by atoms with van der Waals surface area (Å²) in [5, 5.41) is 0. The highest BCUT2D eigenvalue weighted by molar-refractivity contribution is 7.80. The quantitative estimate of drug-likeness (QED) is 0.287. The Bertz CT molecular complexity index is 10.0. The van der Waals surface area contributed by atoms with Gasteiger partial charge in [-0.15, -0.1) is 0 Å². The van der Waals surface area contributed by atoms with Gasteiger partial charge in [-0.05, 0) is 0 Å². The van der Waals surface area contributed by atoms with E-state index in [1.54, 1.807) is 0 Å². The molecule has 0 N–H and O–H groups in total. The number of hydrogen-bond donors (Lipinski definition) is 1. The normalized spacial score (nSPS) is 7.50.